The molecule has 1 aliphatic rings. The Bertz CT molecular complexity index is 525. The summed E-state index contributed by atoms with van der Waals surface area (Å²) < 4.78 is 0. The monoisotopic (exact) mass is 332 g/mol. The van der Waals surface area contributed by atoms with Crippen molar-refractivity contribution in [1.29, 1.82) is 0 Å². The fourth-order valence-corrected chi connectivity index (χ4v) is 3.17. The molecule has 1 heterocycles. The highest BCUT2D eigenvalue weighted by Crippen LogP contribution is 2.16. The molecule has 1 aliphatic heterocycles. The minimum absolute atomic E-state index is 0.0823. The highest BCUT2D eigenvalue weighted by Gasteiger charge is 2.24. The van der Waals surface area contributed by atoms with Crippen LogP contribution in [0.25, 0.3) is 0 Å². The van der Waals surface area contributed by atoms with Gasteiger partial charge in [-0.05, 0) is 44.1 Å². The van der Waals surface area contributed by atoms with E-state index in [2.05, 4.69) is 34.9 Å². The van der Waals surface area contributed by atoms with Gasteiger partial charge in [-0.1, -0.05) is 37.3 Å². The summed E-state index contributed by atoms with van der Waals surface area (Å²) in [5, 5.41) is 5.19. The normalized spacial score (nSPS) is 21.8. The number of amides is 3. The van der Waals surface area contributed by atoms with Crippen molar-refractivity contribution < 1.29 is 14.5 Å². The highest BCUT2D eigenvalue weighted by atomic mass is 16.2. The zero-order valence-corrected chi connectivity index (χ0v) is 14.8. The van der Waals surface area contributed by atoms with Gasteiger partial charge in [0, 0.05) is 6.04 Å². The number of likely N-dealkylation sites (tertiary alicyclic amines) is 1. The van der Waals surface area contributed by atoms with Gasteiger partial charge in [0.25, 0.3) is 5.91 Å². The summed E-state index contributed by atoms with van der Waals surface area (Å²) in [6.07, 6.45) is 4.24. The molecule has 5 nitrogen and oxygen atoms in total. The van der Waals surface area contributed by atoms with Crippen LogP contribution in [0.2, 0.25) is 0 Å². The van der Waals surface area contributed by atoms with Crippen LogP contribution in [0.1, 0.15) is 38.7 Å². The second-order valence-electron chi connectivity index (χ2n) is 6.89. The van der Waals surface area contributed by atoms with Gasteiger partial charge < -0.3 is 10.2 Å². The van der Waals surface area contributed by atoms with Crippen molar-refractivity contribution in [1.82, 2.24) is 10.6 Å². The number of hydrogen-bond acceptors (Lipinski definition) is 2. The number of urea groups is 1. The van der Waals surface area contributed by atoms with Crippen molar-refractivity contribution in [3.8, 4) is 0 Å². The molecule has 0 aromatic heterocycles. The predicted octanol–water partition coefficient (Wildman–Crippen LogP) is 1.15. The van der Waals surface area contributed by atoms with E-state index in [-0.39, 0.29) is 18.0 Å². The molecule has 3 amide bonds. The Balaban J connectivity index is 1.67. The first-order valence-electron chi connectivity index (χ1n) is 9.04. The van der Waals surface area contributed by atoms with Crippen molar-refractivity contribution in [2.24, 2.45) is 5.92 Å². The molecule has 1 aromatic carbocycles. The lowest BCUT2D eigenvalue weighted by atomic mass is 9.90. The Kier molecular flexibility index (Phi) is 7.25. The summed E-state index contributed by atoms with van der Waals surface area (Å²) in [6, 6.07) is 10.3. The number of hydrogen-bond donors (Lipinski definition) is 3. The van der Waals surface area contributed by atoms with E-state index in [9.17, 15) is 9.59 Å². The van der Waals surface area contributed by atoms with E-state index in [0.29, 0.717) is 12.5 Å². The average molecular weight is 332 g/mol. The molecule has 2 rings (SSSR count). The summed E-state index contributed by atoms with van der Waals surface area (Å²) in [7, 11) is 0. The average Bonchev–Trinajstić information content (AvgIpc) is 2.57. The van der Waals surface area contributed by atoms with Gasteiger partial charge in [0.2, 0.25) is 0 Å². The fourth-order valence-electron chi connectivity index (χ4n) is 3.17. The van der Waals surface area contributed by atoms with Crippen molar-refractivity contribution in [3.05, 3.63) is 35.9 Å². The molecule has 1 atom stereocenters. The van der Waals surface area contributed by atoms with Gasteiger partial charge in [-0.25, -0.2) is 4.79 Å². The molecular weight excluding hydrogens is 302 g/mol. The lowest BCUT2D eigenvalue weighted by molar-refractivity contribution is -0.898. The number of carbonyl (C=O) groups is 2. The third kappa shape index (κ3) is 6.32. The van der Waals surface area contributed by atoms with Crippen LogP contribution in [0.15, 0.2) is 30.3 Å². The summed E-state index contributed by atoms with van der Waals surface area (Å²) in [4.78, 5) is 24.9. The molecule has 0 radical (unpaired) electrons. The van der Waals surface area contributed by atoms with Crippen molar-refractivity contribution in [2.75, 3.05) is 19.6 Å². The zero-order valence-electron chi connectivity index (χ0n) is 14.8. The molecule has 3 N–H and O–H groups in total. The van der Waals surface area contributed by atoms with Crippen molar-refractivity contribution in [3.63, 3.8) is 0 Å². The van der Waals surface area contributed by atoms with Gasteiger partial charge in [-0.15, -0.1) is 0 Å². The molecule has 0 spiro atoms. The summed E-state index contributed by atoms with van der Waals surface area (Å²) >= 11 is 0. The molecule has 5 heteroatoms. The Labute approximate surface area is 144 Å². The predicted molar refractivity (Wildman–Crippen MR) is 94.9 cm³/mol. The third-order valence-electron chi connectivity index (χ3n) is 4.83. The Morgan fingerprint density at radius 2 is 1.88 bits per heavy atom. The van der Waals surface area contributed by atoms with Gasteiger partial charge in [0.15, 0.2) is 6.54 Å². The van der Waals surface area contributed by atoms with Crippen LogP contribution >= 0.6 is 0 Å². The van der Waals surface area contributed by atoms with Crippen LogP contribution in [0.4, 0.5) is 4.79 Å². The first kappa shape index (κ1) is 18.5. The Hall–Kier alpha value is -1.88. The van der Waals surface area contributed by atoms with Crippen LogP contribution in [-0.2, 0) is 11.2 Å². The SMILES string of the molecule is CC[C@@H](C)NC(=O)NC(=O)C[NH+]1CCC(Cc2ccccc2)CC1. The number of piperidine rings is 1. The number of carbonyl (C=O) groups excluding carboxylic acids is 2. The largest absolute Gasteiger partial charge is 0.335 e. The van der Waals surface area contributed by atoms with Crippen LogP contribution in [0.5, 0.6) is 0 Å². The van der Waals surface area contributed by atoms with Crippen LogP contribution in [-0.4, -0.2) is 37.6 Å². The number of nitrogens with one attached hydrogen (secondary N) is 3. The summed E-state index contributed by atoms with van der Waals surface area (Å²) in [5.41, 5.74) is 1.39. The smallest absolute Gasteiger partial charge is 0.321 e. The zero-order chi connectivity index (χ0) is 17.4. The van der Waals surface area contributed by atoms with Crippen LogP contribution in [0.3, 0.4) is 0 Å². The van der Waals surface area contributed by atoms with Crippen LogP contribution < -0.4 is 15.5 Å². The first-order chi connectivity index (χ1) is 11.6. The minimum Gasteiger partial charge on any atom is -0.335 e. The quantitative estimate of drug-likeness (QED) is 0.732. The molecule has 1 fully saturated rings. The third-order valence-corrected chi connectivity index (χ3v) is 4.83. The lowest BCUT2D eigenvalue weighted by Crippen LogP contribution is -3.14. The van der Waals surface area contributed by atoms with E-state index in [0.717, 1.165) is 38.8 Å². The highest BCUT2D eigenvalue weighted by molar-refractivity contribution is 5.94. The number of quaternary nitrogens is 1. The molecule has 0 bridgehead atoms. The molecule has 0 saturated carbocycles. The molecule has 132 valence electrons. The molecule has 1 saturated heterocycles. The van der Waals surface area contributed by atoms with Crippen molar-refractivity contribution in [2.45, 2.75) is 45.6 Å². The maximum Gasteiger partial charge on any atom is 0.321 e. The van der Waals surface area contributed by atoms with E-state index in [1.165, 1.54) is 10.5 Å². The van der Waals surface area contributed by atoms with E-state index < -0.39 is 0 Å². The van der Waals surface area contributed by atoms with Gasteiger partial charge >= 0.3 is 6.03 Å². The summed E-state index contributed by atoms with van der Waals surface area (Å²) in [5.74, 6) is 0.514. The van der Waals surface area contributed by atoms with Gasteiger partial charge in [0.05, 0.1) is 13.1 Å². The lowest BCUT2D eigenvalue weighted by Gasteiger charge is -2.28. The Morgan fingerprint density at radius 1 is 1.21 bits per heavy atom. The second kappa shape index (κ2) is 9.42. The van der Waals surface area contributed by atoms with Gasteiger partial charge in [-0.3, -0.25) is 10.1 Å². The molecule has 0 unspecified atom stereocenters. The number of rotatable bonds is 6. The van der Waals surface area contributed by atoms with E-state index >= 15 is 0 Å². The van der Waals surface area contributed by atoms with E-state index in [1.54, 1.807) is 0 Å². The first-order valence-corrected chi connectivity index (χ1v) is 9.04. The minimum atomic E-state index is -0.382. The van der Waals surface area contributed by atoms with Gasteiger partial charge in [-0.2, -0.15) is 0 Å². The standard InChI is InChI=1S/C19H29N3O2/c1-3-15(2)20-19(24)21-18(23)14-22-11-9-17(10-12-22)13-16-7-5-4-6-8-16/h4-8,15,17H,3,9-14H2,1-2H3,(H2,20,21,23,24)/p+1/t15-/m1/s1. The van der Waals surface area contributed by atoms with Crippen LogP contribution in [0, 0.1) is 5.92 Å². The maximum absolute atomic E-state index is 12.0. The van der Waals surface area contributed by atoms with E-state index in [4.69, 9.17) is 0 Å². The topological polar surface area (TPSA) is 62.6 Å². The molecular formula is C19H30N3O2+. The van der Waals surface area contributed by atoms with E-state index in [1.807, 2.05) is 19.9 Å². The number of benzene rings is 1. The maximum atomic E-state index is 12.0. The molecule has 0 aliphatic carbocycles. The molecule has 1 aromatic rings. The van der Waals surface area contributed by atoms with Crippen molar-refractivity contribution >= 4 is 11.9 Å². The molecule has 24 heavy (non-hydrogen) atoms. The summed E-state index contributed by atoms with van der Waals surface area (Å²) in [6.45, 7) is 6.30. The fraction of sp³-hybridized carbons (Fsp3) is 0.579. The van der Waals surface area contributed by atoms with Gasteiger partial charge in [0.1, 0.15) is 0 Å². The Morgan fingerprint density at radius 3 is 2.50 bits per heavy atom. The number of imide groups is 1. The second-order valence-corrected chi connectivity index (χ2v) is 6.89.